The maximum absolute atomic E-state index is 10.9. The number of nitro benzene ring substituents is 1. The van der Waals surface area contributed by atoms with Crippen LogP contribution < -0.4 is 5.32 Å². The number of aromatic nitrogens is 2. The molecule has 0 aliphatic heterocycles. The first-order valence-corrected chi connectivity index (χ1v) is 6.38. The molecule has 94 valence electrons. The third kappa shape index (κ3) is 3.19. The second kappa shape index (κ2) is 5.80. The van der Waals surface area contributed by atoms with E-state index < -0.39 is 0 Å². The molecule has 0 spiro atoms. The lowest BCUT2D eigenvalue weighted by Gasteiger charge is -2.07. The van der Waals surface area contributed by atoms with Crippen LogP contribution in [-0.2, 0) is 6.54 Å². The molecular weight excluding hydrogens is 347 g/mol. The molecule has 0 unspecified atom stereocenters. The van der Waals surface area contributed by atoms with E-state index in [0.717, 1.165) is 3.57 Å². The van der Waals surface area contributed by atoms with E-state index in [4.69, 9.17) is 0 Å². The number of nitro groups is 1. The molecule has 1 aromatic carbocycles. The van der Waals surface area contributed by atoms with E-state index in [1.165, 1.54) is 0 Å². The molecule has 6 nitrogen and oxygen atoms in total. The maximum Gasteiger partial charge on any atom is 0.293 e. The third-order valence-electron chi connectivity index (χ3n) is 2.40. The molecule has 0 saturated heterocycles. The minimum atomic E-state index is -0.373. The van der Waals surface area contributed by atoms with Crippen LogP contribution in [0.25, 0.3) is 0 Å². The van der Waals surface area contributed by atoms with E-state index in [1.54, 1.807) is 24.7 Å². The van der Waals surface area contributed by atoms with Crippen molar-refractivity contribution in [2.45, 2.75) is 6.54 Å². The summed E-state index contributed by atoms with van der Waals surface area (Å²) in [6, 6.07) is 5.13. The van der Waals surface area contributed by atoms with Gasteiger partial charge in [0.1, 0.15) is 5.69 Å². The van der Waals surface area contributed by atoms with E-state index in [9.17, 15) is 10.1 Å². The molecule has 1 heterocycles. The van der Waals surface area contributed by atoms with E-state index in [1.807, 2.05) is 16.8 Å². The van der Waals surface area contributed by atoms with Crippen LogP contribution in [0.1, 0.15) is 0 Å². The van der Waals surface area contributed by atoms with Gasteiger partial charge in [-0.25, -0.2) is 4.98 Å². The zero-order valence-electron chi connectivity index (χ0n) is 9.41. The van der Waals surface area contributed by atoms with Gasteiger partial charge in [0.2, 0.25) is 0 Å². The molecular formula is C11H11IN4O2. The van der Waals surface area contributed by atoms with Crippen LogP contribution in [0.2, 0.25) is 0 Å². The average molecular weight is 358 g/mol. The smallest absolute Gasteiger partial charge is 0.293 e. The van der Waals surface area contributed by atoms with Crippen molar-refractivity contribution in [2.75, 3.05) is 11.9 Å². The van der Waals surface area contributed by atoms with Gasteiger partial charge in [0, 0.05) is 35.1 Å². The number of nitrogens with zero attached hydrogens (tertiary/aromatic N) is 3. The van der Waals surface area contributed by atoms with Crippen LogP contribution in [-0.4, -0.2) is 21.0 Å². The van der Waals surface area contributed by atoms with Gasteiger partial charge in [-0.15, -0.1) is 0 Å². The quantitative estimate of drug-likeness (QED) is 0.507. The van der Waals surface area contributed by atoms with Crippen molar-refractivity contribution in [1.29, 1.82) is 0 Å². The Labute approximate surface area is 117 Å². The maximum atomic E-state index is 10.9. The van der Waals surface area contributed by atoms with Crippen LogP contribution in [0.3, 0.4) is 0 Å². The van der Waals surface area contributed by atoms with E-state index in [-0.39, 0.29) is 10.6 Å². The molecule has 0 radical (unpaired) electrons. The second-order valence-corrected chi connectivity index (χ2v) is 4.89. The first kappa shape index (κ1) is 12.8. The molecule has 0 fully saturated rings. The summed E-state index contributed by atoms with van der Waals surface area (Å²) in [4.78, 5) is 14.5. The van der Waals surface area contributed by atoms with Crippen molar-refractivity contribution in [3.05, 3.63) is 50.6 Å². The van der Waals surface area contributed by atoms with Gasteiger partial charge in [-0.05, 0) is 34.7 Å². The molecule has 0 saturated carbocycles. The highest BCUT2D eigenvalue weighted by molar-refractivity contribution is 14.1. The number of imidazole rings is 1. The van der Waals surface area contributed by atoms with Crippen molar-refractivity contribution >= 4 is 34.0 Å². The fourth-order valence-corrected chi connectivity index (χ4v) is 2.02. The minimum absolute atomic E-state index is 0.104. The van der Waals surface area contributed by atoms with E-state index >= 15 is 0 Å². The van der Waals surface area contributed by atoms with Crippen molar-refractivity contribution < 1.29 is 4.92 Å². The van der Waals surface area contributed by atoms with Crippen LogP contribution in [0.15, 0.2) is 36.9 Å². The lowest BCUT2D eigenvalue weighted by Crippen LogP contribution is -2.10. The minimum Gasteiger partial charge on any atom is -0.378 e. The molecule has 1 aromatic heterocycles. The van der Waals surface area contributed by atoms with Crippen molar-refractivity contribution in [3.63, 3.8) is 0 Å². The number of halogens is 1. The first-order valence-electron chi connectivity index (χ1n) is 5.30. The largest absolute Gasteiger partial charge is 0.378 e. The highest BCUT2D eigenvalue weighted by Crippen LogP contribution is 2.25. The Kier molecular flexibility index (Phi) is 4.13. The summed E-state index contributed by atoms with van der Waals surface area (Å²) in [5.74, 6) is 0. The van der Waals surface area contributed by atoms with E-state index in [2.05, 4.69) is 32.9 Å². The van der Waals surface area contributed by atoms with Gasteiger partial charge in [0.05, 0.1) is 11.3 Å². The average Bonchev–Trinajstić information content (AvgIpc) is 2.84. The van der Waals surface area contributed by atoms with Gasteiger partial charge >= 0.3 is 0 Å². The molecule has 0 aliphatic carbocycles. The SMILES string of the molecule is O=[N+]([O-])c1cc(I)ccc1NCCn1ccnc1. The second-order valence-electron chi connectivity index (χ2n) is 3.65. The van der Waals surface area contributed by atoms with Gasteiger partial charge in [-0.1, -0.05) is 0 Å². The molecule has 0 atom stereocenters. The standard InChI is InChI=1S/C11H11IN4O2/c12-9-1-2-10(11(7-9)16(17)18)14-4-6-15-5-3-13-8-15/h1-3,5,7-8,14H,4,6H2. The van der Waals surface area contributed by atoms with Crippen molar-refractivity contribution in [1.82, 2.24) is 9.55 Å². The van der Waals surface area contributed by atoms with Crippen molar-refractivity contribution in [2.24, 2.45) is 0 Å². The summed E-state index contributed by atoms with van der Waals surface area (Å²) in [6.07, 6.45) is 5.27. The predicted octanol–water partition coefficient (Wildman–Crippen LogP) is 2.51. The summed E-state index contributed by atoms with van der Waals surface area (Å²) in [5, 5.41) is 14.0. The highest BCUT2D eigenvalue weighted by Gasteiger charge is 2.13. The molecule has 0 amide bonds. The number of hydrogen-bond acceptors (Lipinski definition) is 4. The van der Waals surface area contributed by atoms with Gasteiger partial charge in [0.15, 0.2) is 0 Å². The number of benzene rings is 1. The molecule has 0 aliphatic rings. The third-order valence-corrected chi connectivity index (χ3v) is 3.07. The Morgan fingerprint density at radius 3 is 3.00 bits per heavy atom. The lowest BCUT2D eigenvalue weighted by molar-refractivity contribution is -0.384. The molecule has 0 bridgehead atoms. The summed E-state index contributed by atoms with van der Waals surface area (Å²) in [6.45, 7) is 1.32. The Balaban J connectivity index is 2.02. The number of nitrogens with one attached hydrogen (secondary N) is 1. The molecule has 18 heavy (non-hydrogen) atoms. The Morgan fingerprint density at radius 1 is 1.50 bits per heavy atom. The van der Waals surface area contributed by atoms with Gasteiger partial charge in [-0.2, -0.15) is 0 Å². The molecule has 1 N–H and O–H groups in total. The van der Waals surface area contributed by atoms with Crippen LogP contribution >= 0.6 is 22.6 Å². The summed E-state index contributed by atoms with van der Waals surface area (Å²) in [7, 11) is 0. The number of rotatable bonds is 5. The van der Waals surface area contributed by atoms with Gasteiger partial charge < -0.3 is 9.88 Å². The predicted molar refractivity (Wildman–Crippen MR) is 76.5 cm³/mol. The zero-order chi connectivity index (χ0) is 13.0. The first-order chi connectivity index (χ1) is 8.66. The number of anilines is 1. The Hall–Kier alpha value is -1.64. The monoisotopic (exact) mass is 358 g/mol. The van der Waals surface area contributed by atoms with Crippen LogP contribution in [0.5, 0.6) is 0 Å². The van der Waals surface area contributed by atoms with E-state index in [0.29, 0.717) is 18.8 Å². The zero-order valence-corrected chi connectivity index (χ0v) is 11.6. The summed E-state index contributed by atoms with van der Waals surface area (Å²) >= 11 is 2.06. The fraction of sp³-hybridized carbons (Fsp3) is 0.182. The van der Waals surface area contributed by atoms with Crippen LogP contribution in [0.4, 0.5) is 11.4 Å². The Morgan fingerprint density at radius 2 is 2.33 bits per heavy atom. The van der Waals surface area contributed by atoms with Crippen LogP contribution in [0, 0.1) is 13.7 Å². The summed E-state index contributed by atoms with van der Waals surface area (Å²) in [5.41, 5.74) is 0.646. The normalized spacial score (nSPS) is 10.3. The summed E-state index contributed by atoms with van der Waals surface area (Å²) < 4.78 is 2.75. The topological polar surface area (TPSA) is 73.0 Å². The lowest BCUT2D eigenvalue weighted by atomic mass is 10.2. The van der Waals surface area contributed by atoms with Gasteiger partial charge in [-0.3, -0.25) is 10.1 Å². The fourth-order valence-electron chi connectivity index (χ4n) is 1.54. The van der Waals surface area contributed by atoms with Crippen molar-refractivity contribution in [3.8, 4) is 0 Å². The van der Waals surface area contributed by atoms with Gasteiger partial charge in [0.25, 0.3) is 5.69 Å². The molecule has 7 heteroatoms. The highest BCUT2D eigenvalue weighted by atomic mass is 127. The Bertz CT molecular complexity index is 542. The number of hydrogen-bond donors (Lipinski definition) is 1. The molecule has 2 rings (SSSR count). The molecule has 2 aromatic rings.